The van der Waals surface area contributed by atoms with Gasteiger partial charge >= 0.3 is 0 Å². The topological polar surface area (TPSA) is 94.8 Å². The number of halogens is 1. The number of nitrogens with zero attached hydrogens (tertiary/aromatic N) is 5. The molecule has 0 aliphatic heterocycles. The van der Waals surface area contributed by atoms with Crippen LogP contribution in [-0.2, 0) is 11.2 Å². The number of pyridine rings is 1. The molecule has 9 heteroatoms. The number of rotatable bonds is 6. The highest BCUT2D eigenvalue weighted by molar-refractivity contribution is 9.10. The third-order valence-corrected chi connectivity index (χ3v) is 4.45. The fourth-order valence-electron chi connectivity index (χ4n) is 2.60. The Kier molecular flexibility index (Phi) is 5.57. The van der Waals surface area contributed by atoms with E-state index in [1.807, 2.05) is 48.5 Å². The van der Waals surface area contributed by atoms with Crippen LogP contribution < -0.4 is 10.1 Å². The van der Waals surface area contributed by atoms with Gasteiger partial charge in [-0.1, -0.05) is 34.1 Å². The number of hydrogen-bond acceptors (Lipinski definition) is 6. The first kappa shape index (κ1) is 18.8. The van der Waals surface area contributed by atoms with Gasteiger partial charge in [0, 0.05) is 10.5 Å². The zero-order valence-electron chi connectivity index (χ0n) is 15.1. The van der Waals surface area contributed by atoms with Gasteiger partial charge in [0.2, 0.25) is 11.8 Å². The second-order valence-corrected chi connectivity index (χ2v) is 7.01. The number of nitrogens with one attached hydrogen (secondary N) is 1. The molecule has 8 nitrogen and oxygen atoms in total. The summed E-state index contributed by atoms with van der Waals surface area (Å²) in [6, 6.07) is 18.4. The number of anilines is 1. The van der Waals surface area contributed by atoms with E-state index in [1.165, 1.54) is 6.33 Å². The average Bonchev–Trinajstić information content (AvgIpc) is 3.25. The Balaban J connectivity index is 1.33. The molecule has 0 aliphatic rings. The number of amides is 1. The van der Waals surface area contributed by atoms with Crippen LogP contribution in [0.15, 0.2) is 77.7 Å². The normalized spacial score (nSPS) is 10.5. The minimum absolute atomic E-state index is 0.136. The first-order valence-electron chi connectivity index (χ1n) is 8.67. The molecule has 29 heavy (non-hydrogen) atoms. The molecule has 0 saturated carbocycles. The fourth-order valence-corrected chi connectivity index (χ4v) is 2.98. The van der Waals surface area contributed by atoms with Crippen LogP contribution >= 0.6 is 15.9 Å². The van der Waals surface area contributed by atoms with Gasteiger partial charge in [-0.15, -0.1) is 5.10 Å². The van der Waals surface area contributed by atoms with E-state index in [9.17, 15) is 4.79 Å². The first-order chi connectivity index (χ1) is 14.2. The second kappa shape index (κ2) is 8.61. The second-order valence-electron chi connectivity index (χ2n) is 6.09. The molecule has 4 rings (SSSR count). The van der Waals surface area contributed by atoms with Crippen molar-refractivity contribution in [1.29, 1.82) is 0 Å². The molecule has 0 bridgehead atoms. The summed E-state index contributed by atoms with van der Waals surface area (Å²) in [6.07, 6.45) is 3.32. The van der Waals surface area contributed by atoms with E-state index in [-0.39, 0.29) is 12.3 Å². The first-order valence-corrected chi connectivity index (χ1v) is 9.47. The smallest absolute Gasteiger partial charge is 0.228 e. The molecule has 0 atom stereocenters. The van der Waals surface area contributed by atoms with Crippen molar-refractivity contribution in [3.63, 3.8) is 0 Å². The summed E-state index contributed by atoms with van der Waals surface area (Å²) in [5.74, 6) is 0.982. The maximum absolute atomic E-state index is 12.3. The number of aromatic nitrogens is 5. The number of carbonyl (C=O) groups is 1. The van der Waals surface area contributed by atoms with E-state index in [4.69, 9.17) is 4.74 Å². The van der Waals surface area contributed by atoms with Gasteiger partial charge < -0.3 is 10.1 Å². The lowest BCUT2D eigenvalue weighted by Crippen LogP contribution is -2.14. The lowest BCUT2D eigenvalue weighted by atomic mass is 10.1. The Hall–Kier alpha value is -3.59. The van der Waals surface area contributed by atoms with Gasteiger partial charge in [0.15, 0.2) is 0 Å². The Bertz CT molecular complexity index is 1100. The molecule has 0 spiro atoms. The zero-order valence-corrected chi connectivity index (χ0v) is 16.7. The summed E-state index contributed by atoms with van der Waals surface area (Å²) in [4.78, 5) is 16.5. The summed E-state index contributed by atoms with van der Waals surface area (Å²) in [7, 11) is 0. The van der Waals surface area contributed by atoms with Gasteiger partial charge in [0.1, 0.15) is 12.1 Å². The lowest BCUT2D eigenvalue weighted by Gasteiger charge is -2.08. The molecule has 2 aromatic heterocycles. The van der Waals surface area contributed by atoms with E-state index < -0.39 is 0 Å². The van der Waals surface area contributed by atoms with Crippen LogP contribution in [0.3, 0.4) is 0 Å². The third-order valence-electron chi connectivity index (χ3n) is 3.95. The summed E-state index contributed by atoms with van der Waals surface area (Å²) in [5.41, 5.74) is 2.30. The predicted octanol–water partition coefficient (Wildman–Crippen LogP) is 3.79. The molecule has 2 aromatic carbocycles. The van der Waals surface area contributed by atoms with Crippen LogP contribution in [0, 0.1) is 0 Å². The number of benzene rings is 2. The minimum atomic E-state index is -0.136. The molecule has 0 fully saturated rings. The molecule has 4 aromatic rings. The Morgan fingerprint density at radius 3 is 2.66 bits per heavy atom. The summed E-state index contributed by atoms with van der Waals surface area (Å²) < 4.78 is 8.16. The van der Waals surface area contributed by atoms with Crippen LogP contribution in [0.5, 0.6) is 11.6 Å². The van der Waals surface area contributed by atoms with Crippen LogP contribution in [0.4, 0.5) is 5.69 Å². The predicted molar refractivity (Wildman–Crippen MR) is 110 cm³/mol. The molecule has 144 valence electrons. The van der Waals surface area contributed by atoms with Crippen molar-refractivity contribution in [2.45, 2.75) is 6.42 Å². The van der Waals surface area contributed by atoms with Crippen molar-refractivity contribution in [2.24, 2.45) is 0 Å². The average molecular weight is 451 g/mol. The molecule has 0 radical (unpaired) electrons. The number of hydrogen-bond donors (Lipinski definition) is 1. The molecule has 0 aliphatic carbocycles. The molecular formula is C20H15BrN6O2. The largest absolute Gasteiger partial charge is 0.439 e. The van der Waals surface area contributed by atoms with Crippen molar-refractivity contribution < 1.29 is 9.53 Å². The van der Waals surface area contributed by atoms with E-state index in [1.54, 1.807) is 23.0 Å². The SMILES string of the molecule is O=C(Cc1ccc(-n2cnnn2)cc1)Nc1ccc(Oc2cccc(Br)c2)nc1. The van der Waals surface area contributed by atoms with E-state index >= 15 is 0 Å². The molecule has 2 heterocycles. The molecule has 0 unspecified atom stereocenters. The van der Waals surface area contributed by atoms with Gasteiger partial charge in [-0.3, -0.25) is 4.79 Å². The van der Waals surface area contributed by atoms with Crippen molar-refractivity contribution in [3.8, 4) is 17.3 Å². The summed E-state index contributed by atoms with van der Waals surface area (Å²) in [5, 5.41) is 13.9. The quantitative estimate of drug-likeness (QED) is 0.480. The molecule has 1 amide bonds. The van der Waals surface area contributed by atoms with Gasteiger partial charge in [-0.25, -0.2) is 9.67 Å². The molecular weight excluding hydrogens is 436 g/mol. The monoisotopic (exact) mass is 450 g/mol. The highest BCUT2D eigenvalue weighted by Gasteiger charge is 2.07. The maximum atomic E-state index is 12.3. The highest BCUT2D eigenvalue weighted by atomic mass is 79.9. The van der Waals surface area contributed by atoms with Crippen LogP contribution in [-0.4, -0.2) is 31.1 Å². The number of tetrazole rings is 1. The van der Waals surface area contributed by atoms with E-state index in [0.29, 0.717) is 17.3 Å². The van der Waals surface area contributed by atoms with Gasteiger partial charge in [-0.05, 0) is 52.4 Å². The van der Waals surface area contributed by atoms with Crippen molar-refractivity contribution in [3.05, 3.63) is 83.2 Å². The van der Waals surface area contributed by atoms with Crippen molar-refractivity contribution >= 4 is 27.5 Å². The fraction of sp³-hybridized carbons (Fsp3) is 0.0500. The lowest BCUT2D eigenvalue weighted by molar-refractivity contribution is -0.115. The Morgan fingerprint density at radius 1 is 1.10 bits per heavy atom. The maximum Gasteiger partial charge on any atom is 0.228 e. The minimum Gasteiger partial charge on any atom is -0.439 e. The van der Waals surface area contributed by atoms with Crippen LogP contribution in [0.2, 0.25) is 0 Å². The zero-order chi connectivity index (χ0) is 20.1. The standard InChI is InChI=1S/C20H15BrN6O2/c21-15-2-1-3-18(11-15)29-20-9-6-16(12-22-20)24-19(28)10-14-4-7-17(8-5-14)27-13-23-25-26-27/h1-9,11-13H,10H2,(H,24,28). The number of ether oxygens (including phenoxy) is 1. The summed E-state index contributed by atoms with van der Waals surface area (Å²) in [6.45, 7) is 0. The van der Waals surface area contributed by atoms with Gasteiger partial charge in [0.05, 0.1) is 24.0 Å². The van der Waals surface area contributed by atoms with Crippen LogP contribution in [0.1, 0.15) is 5.56 Å². The van der Waals surface area contributed by atoms with Crippen molar-refractivity contribution in [1.82, 2.24) is 25.2 Å². The van der Waals surface area contributed by atoms with E-state index in [2.05, 4.69) is 41.8 Å². The van der Waals surface area contributed by atoms with Gasteiger partial charge in [0.25, 0.3) is 0 Å². The highest BCUT2D eigenvalue weighted by Crippen LogP contribution is 2.23. The third kappa shape index (κ3) is 5.02. The van der Waals surface area contributed by atoms with Crippen LogP contribution in [0.25, 0.3) is 5.69 Å². The van der Waals surface area contributed by atoms with E-state index in [0.717, 1.165) is 15.7 Å². The van der Waals surface area contributed by atoms with Gasteiger partial charge in [-0.2, -0.15) is 0 Å². The van der Waals surface area contributed by atoms with Crippen molar-refractivity contribution in [2.75, 3.05) is 5.32 Å². The summed E-state index contributed by atoms with van der Waals surface area (Å²) >= 11 is 3.40. The molecule has 0 saturated heterocycles. The Morgan fingerprint density at radius 2 is 1.97 bits per heavy atom. The molecule has 1 N–H and O–H groups in total. The number of carbonyl (C=O) groups excluding carboxylic acids is 1. The Labute approximate surface area is 174 Å².